The van der Waals surface area contributed by atoms with Crippen molar-refractivity contribution in [3.63, 3.8) is 0 Å². The van der Waals surface area contributed by atoms with Crippen LogP contribution in [0.4, 0.5) is 0 Å². The number of esters is 1. The number of methoxy groups -OCH3 is 1. The fourth-order valence-corrected chi connectivity index (χ4v) is 3.04. The Kier molecular flexibility index (Phi) is 5.91. The first-order valence-electron chi connectivity index (χ1n) is 8.41. The highest BCUT2D eigenvalue weighted by atomic mass is 16.5. The highest BCUT2D eigenvalue weighted by molar-refractivity contribution is 5.95. The number of benzene rings is 1. The molecule has 0 saturated heterocycles. The SMILES string of the molecule is C/C=C\c1nc(-c2c(CC)cccc2CC)cc(C)c1C(=O)OC. The van der Waals surface area contributed by atoms with Crippen LogP contribution >= 0.6 is 0 Å². The summed E-state index contributed by atoms with van der Waals surface area (Å²) in [6.45, 7) is 8.16. The standard InChI is InChI=1S/C21H25NO2/c1-6-10-17-19(21(23)24-5)14(4)13-18(22-17)20-15(7-2)11-9-12-16(20)8-3/h6,9-13H,7-8H2,1-5H3/b10-6-. The minimum atomic E-state index is -0.348. The quantitative estimate of drug-likeness (QED) is 0.727. The van der Waals surface area contributed by atoms with Crippen LogP contribution in [-0.4, -0.2) is 18.1 Å². The van der Waals surface area contributed by atoms with Gasteiger partial charge in [0.2, 0.25) is 0 Å². The Morgan fingerprint density at radius 2 is 1.83 bits per heavy atom. The number of nitrogens with zero attached hydrogens (tertiary/aromatic N) is 1. The summed E-state index contributed by atoms with van der Waals surface area (Å²) in [6, 6.07) is 8.39. The number of rotatable bonds is 5. The molecule has 0 fully saturated rings. The average Bonchev–Trinajstić information content (AvgIpc) is 2.60. The van der Waals surface area contributed by atoms with Gasteiger partial charge in [0.05, 0.1) is 24.1 Å². The molecule has 0 bridgehead atoms. The van der Waals surface area contributed by atoms with Gasteiger partial charge in [-0.2, -0.15) is 0 Å². The lowest BCUT2D eigenvalue weighted by Gasteiger charge is -2.16. The Labute approximate surface area is 144 Å². The molecule has 126 valence electrons. The Bertz CT molecular complexity index is 753. The van der Waals surface area contributed by atoms with Crippen LogP contribution in [0, 0.1) is 6.92 Å². The van der Waals surface area contributed by atoms with E-state index in [9.17, 15) is 4.79 Å². The predicted molar refractivity (Wildman–Crippen MR) is 99.2 cm³/mol. The fraction of sp³-hybridized carbons (Fsp3) is 0.333. The van der Waals surface area contributed by atoms with Crippen LogP contribution in [0.25, 0.3) is 17.3 Å². The lowest BCUT2D eigenvalue weighted by molar-refractivity contribution is 0.0599. The van der Waals surface area contributed by atoms with Crippen molar-refractivity contribution in [1.82, 2.24) is 4.98 Å². The van der Waals surface area contributed by atoms with Gasteiger partial charge in [0, 0.05) is 5.56 Å². The molecule has 3 heteroatoms. The predicted octanol–water partition coefficient (Wildman–Crippen LogP) is 5.00. The van der Waals surface area contributed by atoms with Crippen LogP contribution in [-0.2, 0) is 17.6 Å². The van der Waals surface area contributed by atoms with E-state index in [1.54, 1.807) is 0 Å². The molecular weight excluding hydrogens is 298 g/mol. The average molecular weight is 323 g/mol. The second kappa shape index (κ2) is 7.91. The van der Waals surface area contributed by atoms with E-state index in [4.69, 9.17) is 9.72 Å². The monoisotopic (exact) mass is 323 g/mol. The van der Waals surface area contributed by atoms with Crippen LogP contribution in [0.1, 0.15) is 53.5 Å². The summed E-state index contributed by atoms with van der Waals surface area (Å²) in [4.78, 5) is 16.9. The molecule has 0 radical (unpaired) electrons. The Morgan fingerprint density at radius 1 is 1.21 bits per heavy atom. The van der Waals surface area contributed by atoms with Gasteiger partial charge in [-0.3, -0.25) is 0 Å². The first-order chi connectivity index (χ1) is 11.6. The molecule has 1 aromatic heterocycles. The summed E-state index contributed by atoms with van der Waals surface area (Å²) < 4.78 is 4.93. The van der Waals surface area contributed by atoms with Crippen molar-refractivity contribution in [3.05, 3.63) is 58.3 Å². The van der Waals surface area contributed by atoms with Crippen molar-refractivity contribution in [2.24, 2.45) is 0 Å². The van der Waals surface area contributed by atoms with Crippen LogP contribution < -0.4 is 0 Å². The zero-order valence-corrected chi connectivity index (χ0v) is 15.1. The highest BCUT2D eigenvalue weighted by Gasteiger charge is 2.19. The molecular formula is C21H25NO2. The minimum Gasteiger partial charge on any atom is -0.465 e. The van der Waals surface area contributed by atoms with Crippen LogP contribution in [0.15, 0.2) is 30.3 Å². The number of aryl methyl sites for hydroxylation is 3. The minimum absolute atomic E-state index is 0.348. The number of hydrogen-bond donors (Lipinski definition) is 0. The van der Waals surface area contributed by atoms with Crippen molar-refractivity contribution in [3.8, 4) is 11.3 Å². The molecule has 0 aliphatic rings. The fourth-order valence-electron chi connectivity index (χ4n) is 3.04. The van der Waals surface area contributed by atoms with Crippen LogP contribution in [0.3, 0.4) is 0 Å². The largest absolute Gasteiger partial charge is 0.465 e. The molecule has 3 nitrogen and oxygen atoms in total. The first-order valence-corrected chi connectivity index (χ1v) is 8.41. The van der Waals surface area contributed by atoms with Gasteiger partial charge < -0.3 is 4.74 Å². The molecule has 2 aromatic rings. The molecule has 0 spiro atoms. The van der Waals surface area contributed by atoms with E-state index in [0.717, 1.165) is 24.1 Å². The van der Waals surface area contributed by atoms with E-state index in [1.165, 1.54) is 23.8 Å². The van der Waals surface area contributed by atoms with Gasteiger partial charge in [0.1, 0.15) is 0 Å². The maximum Gasteiger partial charge on any atom is 0.340 e. The van der Waals surface area contributed by atoms with E-state index in [-0.39, 0.29) is 5.97 Å². The molecule has 1 aromatic carbocycles. The second-order valence-corrected chi connectivity index (χ2v) is 5.73. The summed E-state index contributed by atoms with van der Waals surface area (Å²) in [5, 5.41) is 0. The Balaban J connectivity index is 2.76. The lowest BCUT2D eigenvalue weighted by Crippen LogP contribution is -2.09. The van der Waals surface area contributed by atoms with Crippen molar-refractivity contribution in [1.29, 1.82) is 0 Å². The third-order valence-electron chi connectivity index (χ3n) is 4.21. The third-order valence-corrected chi connectivity index (χ3v) is 4.21. The number of carbonyl (C=O) groups excluding carboxylic acids is 1. The van der Waals surface area contributed by atoms with E-state index >= 15 is 0 Å². The topological polar surface area (TPSA) is 39.2 Å². The second-order valence-electron chi connectivity index (χ2n) is 5.73. The normalized spacial score (nSPS) is 11.0. The number of hydrogen-bond acceptors (Lipinski definition) is 3. The molecule has 0 N–H and O–H groups in total. The number of pyridine rings is 1. The molecule has 24 heavy (non-hydrogen) atoms. The zero-order chi connectivity index (χ0) is 17.7. The first kappa shape index (κ1) is 17.9. The van der Waals surface area contributed by atoms with Crippen LogP contribution in [0.5, 0.6) is 0 Å². The molecule has 0 aliphatic heterocycles. The van der Waals surface area contributed by atoms with Crippen molar-refractivity contribution >= 4 is 12.0 Å². The van der Waals surface area contributed by atoms with Crippen molar-refractivity contribution in [2.75, 3.05) is 7.11 Å². The van der Waals surface area contributed by atoms with Gasteiger partial charge in [-0.25, -0.2) is 9.78 Å². The van der Waals surface area contributed by atoms with E-state index in [1.807, 2.05) is 32.1 Å². The smallest absolute Gasteiger partial charge is 0.340 e. The Morgan fingerprint density at radius 3 is 2.33 bits per heavy atom. The zero-order valence-electron chi connectivity index (χ0n) is 15.1. The van der Waals surface area contributed by atoms with Gasteiger partial charge in [0.15, 0.2) is 0 Å². The summed E-state index contributed by atoms with van der Waals surface area (Å²) in [7, 11) is 1.40. The number of allylic oxidation sites excluding steroid dienone is 1. The summed E-state index contributed by atoms with van der Waals surface area (Å²) in [5.74, 6) is -0.348. The molecule has 0 aliphatic carbocycles. The molecule has 0 atom stereocenters. The van der Waals surface area contributed by atoms with E-state index in [0.29, 0.717) is 11.3 Å². The molecule has 0 unspecified atom stereocenters. The van der Waals surface area contributed by atoms with E-state index < -0.39 is 0 Å². The van der Waals surface area contributed by atoms with Crippen LogP contribution in [0.2, 0.25) is 0 Å². The van der Waals surface area contributed by atoms with Crippen molar-refractivity contribution < 1.29 is 9.53 Å². The number of carbonyl (C=O) groups is 1. The Hall–Kier alpha value is -2.42. The van der Waals surface area contributed by atoms with Gasteiger partial charge in [0.25, 0.3) is 0 Å². The summed E-state index contributed by atoms with van der Waals surface area (Å²) >= 11 is 0. The van der Waals surface area contributed by atoms with Gasteiger partial charge in [-0.1, -0.05) is 38.1 Å². The summed E-state index contributed by atoms with van der Waals surface area (Å²) in [6.07, 6.45) is 5.65. The highest BCUT2D eigenvalue weighted by Crippen LogP contribution is 2.30. The number of aromatic nitrogens is 1. The van der Waals surface area contributed by atoms with Gasteiger partial charge >= 0.3 is 5.97 Å². The maximum atomic E-state index is 12.1. The van der Waals surface area contributed by atoms with E-state index in [2.05, 4.69) is 32.0 Å². The third kappa shape index (κ3) is 3.40. The maximum absolute atomic E-state index is 12.1. The molecule has 0 saturated carbocycles. The molecule has 1 heterocycles. The molecule has 0 amide bonds. The lowest BCUT2D eigenvalue weighted by atomic mass is 9.93. The van der Waals surface area contributed by atoms with Crippen molar-refractivity contribution in [2.45, 2.75) is 40.5 Å². The van der Waals surface area contributed by atoms with Gasteiger partial charge in [-0.15, -0.1) is 0 Å². The molecule has 2 rings (SSSR count). The van der Waals surface area contributed by atoms with Gasteiger partial charge in [-0.05, 0) is 55.5 Å². The summed E-state index contributed by atoms with van der Waals surface area (Å²) in [5.41, 5.74) is 6.74. The number of ether oxygens (including phenoxy) is 1.